The third-order valence-electron chi connectivity index (χ3n) is 14.6. The largest absolute Gasteiger partial charge is 0.469 e. The predicted octanol–water partition coefficient (Wildman–Crippen LogP) is 3.66. The third-order valence-corrected chi connectivity index (χ3v) is 14.6. The molecule has 0 aromatic heterocycles. The monoisotopic (exact) mass is 808 g/mol. The highest BCUT2D eigenvalue weighted by atomic mass is 16.8. The lowest BCUT2D eigenvalue weighted by atomic mass is 9.55. The van der Waals surface area contributed by atoms with Crippen molar-refractivity contribution in [1.29, 1.82) is 0 Å². The van der Waals surface area contributed by atoms with Crippen molar-refractivity contribution in [3.05, 3.63) is 23.5 Å². The van der Waals surface area contributed by atoms with Crippen molar-refractivity contribution in [3.8, 4) is 0 Å². The molecule has 0 unspecified atom stereocenters. The number of aliphatic hydroxyl groups excluding tert-OH is 2. The average molecular weight is 809 g/mol. The fourth-order valence-corrected chi connectivity index (χ4v) is 11.3. The van der Waals surface area contributed by atoms with E-state index in [0.717, 1.165) is 25.7 Å². The molecular formula is C42H64O15. The molecule has 1 saturated carbocycles. The Kier molecular flexibility index (Phi) is 12.2. The molecule has 322 valence electrons. The Morgan fingerprint density at radius 3 is 2.25 bits per heavy atom. The Balaban J connectivity index is 0.877. The van der Waals surface area contributed by atoms with Gasteiger partial charge in [-0.1, -0.05) is 18.6 Å². The Hall–Kier alpha value is -1.73. The molecule has 0 bridgehead atoms. The molecule has 6 heterocycles. The molecular weight excluding hydrogens is 744 g/mol. The summed E-state index contributed by atoms with van der Waals surface area (Å²) >= 11 is 0. The van der Waals surface area contributed by atoms with Crippen molar-refractivity contribution in [2.24, 2.45) is 23.2 Å². The molecule has 8 rings (SSSR count). The van der Waals surface area contributed by atoms with Gasteiger partial charge in [0, 0.05) is 41.1 Å². The molecule has 0 spiro atoms. The van der Waals surface area contributed by atoms with Crippen LogP contribution in [-0.4, -0.2) is 142 Å². The summed E-state index contributed by atoms with van der Waals surface area (Å²) in [6.07, 6.45) is 0.723. The molecule has 6 aliphatic heterocycles. The Morgan fingerprint density at radius 2 is 1.51 bits per heavy atom. The van der Waals surface area contributed by atoms with E-state index in [2.05, 4.69) is 13.0 Å². The van der Waals surface area contributed by atoms with E-state index in [-0.39, 0.29) is 47.4 Å². The molecule has 8 aliphatic rings. The molecule has 15 nitrogen and oxygen atoms in total. The lowest BCUT2D eigenvalue weighted by molar-refractivity contribution is -0.353. The lowest BCUT2D eigenvalue weighted by Gasteiger charge is -2.51. The first kappa shape index (κ1) is 42.0. The van der Waals surface area contributed by atoms with E-state index < -0.39 is 79.6 Å². The summed E-state index contributed by atoms with van der Waals surface area (Å²) in [4.78, 5) is 13.7. The van der Waals surface area contributed by atoms with E-state index in [9.17, 15) is 15.0 Å². The summed E-state index contributed by atoms with van der Waals surface area (Å²) in [6, 6.07) is 0. The van der Waals surface area contributed by atoms with Crippen LogP contribution in [0.5, 0.6) is 0 Å². The molecule has 57 heavy (non-hydrogen) atoms. The molecule has 0 amide bonds. The molecule has 20 atom stereocenters. The zero-order chi connectivity index (χ0) is 40.4. The van der Waals surface area contributed by atoms with Gasteiger partial charge in [-0.05, 0) is 76.2 Å². The van der Waals surface area contributed by atoms with Gasteiger partial charge >= 0.3 is 5.97 Å². The van der Waals surface area contributed by atoms with Gasteiger partial charge in [0.15, 0.2) is 18.9 Å². The van der Waals surface area contributed by atoms with E-state index in [4.69, 9.17) is 56.8 Å². The maximum absolute atomic E-state index is 13.7. The second-order valence-electron chi connectivity index (χ2n) is 17.9. The second-order valence-corrected chi connectivity index (χ2v) is 17.9. The van der Waals surface area contributed by atoms with E-state index >= 15 is 0 Å². The van der Waals surface area contributed by atoms with E-state index in [1.807, 2.05) is 27.0 Å². The maximum Gasteiger partial charge on any atom is 0.309 e. The number of allylic oxidation sites excluding steroid dienone is 1. The zero-order valence-electron chi connectivity index (χ0n) is 34.6. The van der Waals surface area contributed by atoms with Gasteiger partial charge in [0.1, 0.15) is 36.6 Å². The van der Waals surface area contributed by atoms with Gasteiger partial charge in [-0.2, -0.15) is 0 Å². The normalized spacial score (nSPS) is 51.2. The Bertz CT molecular complexity index is 1510. The van der Waals surface area contributed by atoms with Crippen LogP contribution in [-0.2, 0) is 61.6 Å². The van der Waals surface area contributed by atoms with Gasteiger partial charge in [-0.3, -0.25) is 4.79 Å². The van der Waals surface area contributed by atoms with E-state index in [1.54, 1.807) is 28.3 Å². The van der Waals surface area contributed by atoms with Crippen LogP contribution in [0.1, 0.15) is 86.0 Å². The summed E-state index contributed by atoms with van der Waals surface area (Å²) in [7, 11) is 4.74. The van der Waals surface area contributed by atoms with Crippen molar-refractivity contribution in [2.75, 3.05) is 27.9 Å². The van der Waals surface area contributed by atoms with Crippen molar-refractivity contribution in [2.45, 2.75) is 184 Å². The minimum Gasteiger partial charge on any atom is -0.469 e. The first-order valence-electron chi connectivity index (χ1n) is 21.0. The number of fused-ring (bicyclic) bond motifs is 3. The van der Waals surface area contributed by atoms with Gasteiger partial charge < -0.3 is 67.1 Å². The highest BCUT2D eigenvalue weighted by Crippen LogP contribution is 2.57. The number of hydrogen-bond acceptors (Lipinski definition) is 15. The SMILES string of the molecule is CO[C@H]1[C@@H](O)[C@H](O[C@H]2CC[C@@]3(C)C(=CC[C@H]4C(=O)O[C@@H]5CO[C@]6(C)OC=C(CC[C@@H]43)[C@H]56)C2)O[C@H](C)[C@H]1O[C@H]1C[C@H](OC)[C@H](O[C@H]2C[C@H](OC)[C@H](O)[C@@H](C)O2)[C@H](C)O1. The highest BCUT2D eigenvalue weighted by Gasteiger charge is 2.58. The highest BCUT2D eigenvalue weighted by molar-refractivity contribution is 5.74. The summed E-state index contributed by atoms with van der Waals surface area (Å²) < 4.78 is 73.4. The van der Waals surface area contributed by atoms with Gasteiger partial charge in [0.05, 0.1) is 61.3 Å². The van der Waals surface area contributed by atoms with Gasteiger partial charge in [-0.25, -0.2) is 0 Å². The van der Waals surface area contributed by atoms with Crippen molar-refractivity contribution < 1.29 is 71.8 Å². The summed E-state index contributed by atoms with van der Waals surface area (Å²) in [5, 5.41) is 22.0. The second kappa shape index (κ2) is 16.6. The molecule has 2 N–H and O–H groups in total. The summed E-state index contributed by atoms with van der Waals surface area (Å²) in [6.45, 7) is 10.2. The third kappa shape index (κ3) is 7.76. The number of esters is 1. The first-order valence-corrected chi connectivity index (χ1v) is 21.0. The standard InChI is InChI=1S/C42H64O15/c1-20-34(43)28(46-6)16-31(51-20)56-36-21(2)52-32(17-29(36)47-7)57-37-22(3)53-40(35(44)38(37)48-8)54-25-13-14-41(4)24(15-25)10-11-26-27(41)12-9-23-18-49-42(5)33(23)30(19-50-42)55-39(26)45/h10,18,20-22,25-38,40,43-44H,9,11-17,19H2,1-8H3/t20-,21+,22-,25+,26-,27+,28+,29+,30-,31+,32+,33-,34-,35-,36-,37-,38+,40+,41+,42+/m1/s1. The van der Waals surface area contributed by atoms with Crippen LogP contribution in [0.25, 0.3) is 0 Å². The minimum atomic E-state index is -1.13. The number of rotatable bonds is 9. The molecule has 15 heteroatoms. The predicted molar refractivity (Wildman–Crippen MR) is 199 cm³/mol. The van der Waals surface area contributed by atoms with Crippen molar-refractivity contribution >= 4 is 5.97 Å². The minimum absolute atomic E-state index is 0.0721. The van der Waals surface area contributed by atoms with E-state index in [0.29, 0.717) is 32.3 Å². The quantitative estimate of drug-likeness (QED) is 0.256. The van der Waals surface area contributed by atoms with Gasteiger partial charge in [-0.15, -0.1) is 0 Å². The van der Waals surface area contributed by atoms with Crippen LogP contribution in [0.15, 0.2) is 23.5 Å². The molecule has 6 fully saturated rings. The molecule has 0 aromatic carbocycles. The van der Waals surface area contributed by atoms with Crippen LogP contribution in [0.4, 0.5) is 0 Å². The first-order chi connectivity index (χ1) is 27.3. The zero-order valence-corrected chi connectivity index (χ0v) is 34.6. The number of carbonyl (C=O) groups is 1. The van der Waals surface area contributed by atoms with Crippen molar-refractivity contribution in [1.82, 2.24) is 0 Å². The Labute approximate surface area is 335 Å². The smallest absolute Gasteiger partial charge is 0.309 e. The fraction of sp³-hybridized carbons (Fsp3) is 0.881. The Morgan fingerprint density at radius 1 is 0.807 bits per heavy atom. The van der Waals surface area contributed by atoms with E-state index in [1.165, 1.54) is 11.1 Å². The summed E-state index contributed by atoms with van der Waals surface area (Å²) in [5.74, 6) is -1.07. The molecule has 0 aromatic rings. The number of carbonyl (C=O) groups excluding carboxylic acids is 1. The number of methoxy groups -OCH3 is 3. The number of aliphatic hydroxyl groups is 2. The van der Waals surface area contributed by atoms with Gasteiger partial charge in [0.25, 0.3) is 0 Å². The van der Waals surface area contributed by atoms with Crippen LogP contribution in [0.3, 0.4) is 0 Å². The molecule has 0 radical (unpaired) electrons. The fourth-order valence-electron chi connectivity index (χ4n) is 11.3. The van der Waals surface area contributed by atoms with Crippen LogP contribution in [0.2, 0.25) is 0 Å². The summed E-state index contributed by atoms with van der Waals surface area (Å²) in [5.41, 5.74) is 2.27. The van der Waals surface area contributed by atoms with Crippen LogP contribution < -0.4 is 0 Å². The van der Waals surface area contributed by atoms with Gasteiger partial charge in [0.2, 0.25) is 5.79 Å². The number of ether oxygens (including phenoxy) is 12. The van der Waals surface area contributed by atoms with Crippen LogP contribution >= 0.6 is 0 Å². The molecule has 5 saturated heterocycles. The van der Waals surface area contributed by atoms with Crippen LogP contribution in [0, 0.1) is 23.2 Å². The molecule has 2 aliphatic carbocycles. The lowest BCUT2D eigenvalue weighted by Crippen LogP contribution is -2.61. The number of hydrogen-bond donors (Lipinski definition) is 2. The average Bonchev–Trinajstić information content (AvgIpc) is 3.70. The van der Waals surface area contributed by atoms with Crippen molar-refractivity contribution in [3.63, 3.8) is 0 Å². The topological polar surface area (TPSA) is 168 Å². The maximum atomic E-state index is 13.7.